The molecular weight excluding hydrogens is 340 g/mol. The lowest BCUT2D eigenvalue weighted by atomic mass is 9.84. The molecule has 1 aliphatic carbocycles. The molecule has 1 aromatic carbocycles. The van der Waals surface area contributed by atoms with Crippen LogP contribution in [0.2, 0.25) is 18.1 Å². The SMILES string of the molecule is C[Si](C)C(C)(C)COc1ccc(Br)cc1C1CCCCC1. The van der Waals surface area contributed by atoms with E-state index in [9.17, 15) is 0 Å². The minimum atomic E-state index is -0.360. The third kappa shape index (κ3) is 4.59. The van der Waals surface area contributed by atoms with E-state index in [1.165, 1.54) is 42.1 Å². The van der Waals surface area contributed by atoms with E-state index in [0.29, 0.717) is 11.0 Å². The van der Waals surface area contributed by atoms with Crippen LogP contribution in [0.15, 0.2) is 22.7 Å². The highest BCUT2D eigenvalue weighted by molar-refractivity contribution is 9.10. The van der Waals surface area contributed by atoms with Crippen molar-refractivity contribution in [3.05, 3.63) is 28.2 Å². The summed E-state index contributed by atoms with van der Waals surface area (Å²) in [4.78, 5) is 0. The summed E-state index contributed by atoms with van der Waals surface area (Å²) in [6, 6.07) is 6.54. The van der Waals surface area contributed by atoms with Crippen molar-refractivity contribution in [2.24, 2.45) is 0 Å². The van der Waals surface area contributed by atoms with E-state index in [1.807, 2.05) is 0 Å². The Labute approximate surface area is 140 Å². The topological polar surface area (TPSA) is 9.23 Å². The lowest BCUT2D eigenvalue weighted by Crippen LogP contribution is -2.28. The zero-order valence-electron chi connectivity index (χ0n) is 13.8. The molecule has 1 fully saturated rings. The first-order valence-corrected chi connectivity index (χ1v) is 11.4. The summed E-state index contributed by atoms with van der Waals surface area (Å²) in [5.74, 6) is 1.80. The average molecular weight is 368 g/mol. The second-order valence-corrected chi connectivity index (χ2v) is 11.5. The van der Waals surface area contributed by atoms with Crippen molar-refractivity contribution in [3.63, 3.8) is 0 Å². The molecule has 117 valence electrons. The van der Waals surface area contributed by atoms with Gasteiger partial charge in [0.25, 0.3) is 0 Å². The lowest BCUT2D eigenvalue weighted by Gasteiger charge is -2.30. The lowest BCUT2D eigenvalue weighted by molar-refractivity contribution is 0.270. The highest BCUT2D eigenvalue weighted by Gasteiger charge is 2.26. The van der Waals surface area contributed by atoms with E-state index in [4.69, 9.17) is 4.74 Å². The van der Waals surface area contributed by atoms with Gasteiger partial charge in [-0.25, -0.2) is 0 Å². The standard InChI is InChI=1S/C18H28BrOSi/c1-18(2,21(3)4)13-20-17-11-10-15(19)12-16(17)14-8-6-5-7-9-14/h10-12,14H,5-9,13H2,1-4H3. The van der Waals surface area contributed by atoms with E-state index in [0.717, 1.165) is 12.4 Å². The van der Waals surface area contributed by atoms with E-state index in [2.05, 4.69) is 61.1 Å². The molecule has 0 amide bonds. The number of hydrogen-bond donors (Lipinski definition) is 0. The Morgan fingerprint density at radius 3 is 2.48 bits per heavy atom. The molecule has 0 N–H and O–H groups in total. The summed E-state index contributed by atoms with van der Waals surface area (Å²) in [6.07, 6.45) is 6.74. The van der Waals surface area contributed by atoms with Crippen LogP contribution >= 0.6 is 15.9 Å². The molecule has 0 aliphatic heterocycles. The number of ether oxygens (including phenoxy) is 1. The van der Waals surface area contributed by atoms with Crippen molar-refractivity contribution < 1.29 is 4.74 Å². The largest absolute Gasteiger partial charge is 0.493 e. The second-order valence-electron chi connectivity index (χ2n) is 7.19. The van der Waals surface area contributed by atoms with Crippen molar-refractivity contribution in [2.75, 3.05) is 6.61 Å². The molecule has 0 bridgehead atoms. The second kappa shape index (κ2) is 7.32. The van der Waals surface area contributed by atoms with Gasteiger partial charge in [-0.3, -0.25) is 0 Å². The fourth-order valence-electron chi connectivity index (χ4n) is 2.79. The van der Waals surface area contributed by atoms with Gasteiger partial charge in [0.05, 0.1) is 15.4 Å². The molecule has 21 heavy (non-hydrogen) atoms. The third-order valence-electron chi connectivity index (χ3n) is 4.96. The van der Waals surface area contributed by atoms with Crippen LogP contribution < -0.4 is 4.74 Å². The summed E-state index contributed by atoms with van der Waals surface area (Å²) < 4.78 is 7.45. The summed E-state index contributed by atoms with van der Waals surface area (Å²) in [7, 11) is -0.360. The zero-order valence-corrected chi connectivity index (χ0v) is 16.4. The predicted octanol–water partition coefficient (Wildman–Crippen LogP) is 6.41. The van der Waals surface area contributed by atoms with Crippen LogP contribution in [0.3, 0.4) is 0 Å². The molecule has 0 aromatic heterocycles. The molecule has 1 saturated carbocycles. The quantitative estimate of drug-likeness (QED) is 0.546. The van der Waals surface area contributed by atoms with Gasteiger partial charge in [0, 0.05) is 4.47 Å². The summed E-state index contributed by atoms with van der Waals surface area (Å²) in [5.41, 5.74) is 1.42. The van der Waals surface area contributed by atoms with Gasteiger partial charge in [-0.2, -0.15) is 0 Å². The van der Waals surface area contributed by atoms with Crippen LogP contribution in [0.1, 0.15) is 57.4 Å². The van der Waals surface area contributed by atoms with Crippen LogP contribution in [0.25, 0.3) is 0 Å². The first kappa shape index (κ1) is 17.1. The van der Waals surface area contributed by atoms with Gasteiger partial charge >= 0.3 is 0 Å². The molecule has 0 spiro atoms. The van der Waals surface area contributed by atoms with E-state index in [-0.39, 0.29) is 8.80 Å². The number of benzene rings is 1. The normalized spacial score (nSPS) is 17.2. The van der Waals surface area contributed by atoms with Gasteiger partial charge in [-0.05, 0) is 47.6 Å². The van der Waals surface area contributed by atoms with E-state index in [1.54, 1.807) is 0 Å². The van der Waals surface area contributed by atoms with Gasteiger partial charge in [-0.1, -0.05) is 62.1 Å². The molecule has 0 saturated heterocycles. The monoisotopic (exact) mass is 367 g/mol. The van der Waals surface area contributed by atoms with Gasteiger partial charge < -0.3 is 4.74 Å². The molecule has 2 rings (SSSR count). The van der Waals surface area contributed by atoms with Gasteiger partial charge in [0.15, 0.2) is 0 Å². The van der Waals surface area contributed by atoms with Gasteiger partial charge in [0.2, 0.25) is 0 Å². The fraction of sp³-hybridized carbons (Fsp3) is 0.667. The van der Waals surface area contributed by atoms with E-state index < -0.39 is 0 Å². The van der Waals surface area contributed by atoms with E-state index >= 15 is 0 Å². The smallest absolute Gasteiger partial charge is 0.122 e. The van der Waals surface area contributed by atoms with Gasteiger partial charge in [0.1, 0.15) is 5.75 Å². The number of hydrogen-bond acceptors (Lipinski definition) is 1. The van der Waals surface area contributed by atoms with Crippen LogP contribution in [-0.2, 0) is 0 Å². The Hall–Kier alpha value is -0.283. The van der Waals surface area contributed by atoms with Crippen LogP contribution in [0, 0.1) is 0 Å². The van der Waals surface area contributed by atoms with Crippen molar-refractivity contribution in [3.8, 4) is 5.75 Å². The Bertz CT molecular complexity index is 464. The Balaban J connectivity index is 2.15. The molecule has 1 nitrogen and oxygen atoms in total. The summed E-state index contributed by atoms with van der Waals surface area (Å²) in [6.45, 7) is 10.2. The molecule has 0 heterocycles. The van der Waals surface area contributed by atoms with Crippen molar-refractivity contribution in [2.45, 2.75) is 70.0 Å². The zero-order chi connectivity index (χ0) is 15.5. The summed E-state index contributed by atoms with van der Waals surface area (Å²) in [5, 5.41) is 0.307. The van der Waals surface area contributed by atoms with Crippen LogP contribution in [0.5, 0.6) is 5.75 Å². The third-order valence-corrected chi connectivity index (χ3v) is 8.30. The highest BCUT2D eigenvalue weighted by atomic mass is 79.9. The maximum Gasteiger partial charge on any atom is 0.122 e. The van der Waals surface area contributed by atoms with Crippen molar-refractivity contribution in [1.82, 2.24) is 0 Å². The maximum atomic E-state index is 6.28. The molecule has 0 unspecified atom stereocenters. The number of halogens is 1. The predicted molar refractivity (Wildman–Crippen MR) is 97.0 cm³/mol. The minimum absolute atomic E-state index is 0.307. The first-order chi connectivity index (χ1) is 9.90. The van der Waals surface area contributed by atoms with Crippen molar-refractivity contribution >= 4 is 24.7 Å². The van der Waals surface area contributed by atoms with Crippen molar-refractivity contribution in [1.29, 1.82) is 0 Å². The molecule has 3 heteroatoms. The minimum Gasteiger partial charge on any atom is -0.493 e. The molecular formula is C18H28BrOSi. The number of rotatable bonds is 5. The Morgan fingerprint density at radius 2 is 1.86 bits per heavy atom. The molecule has 1 radical (unpaired) electrons. The fourth-order valence-corrected chi connectivity index (χ4v) is 3.53. The van der Waals surface area contributed by atoms with Crippen LogP contribution in [-0.4, -0.2) is 15.4 Å². The maximum absolute atomic E-state index is 6.28. The van der Waals surface area contributed by atoms with Crippen LogP contribution in [0.4, 0.5) is 0 Å². The average Bonchev–Trinajstić information content (AvgIpc) is 2.46. The summed E-state index contributed by atoms with van der Waals surface area (Å²) >= 11 is 3.63. The molecule has 0 atom stereocenters. The van der Waals surface area contributed by atoms with Gasteiger partial charge in [-0.15, -0.1) is 0 Å². The Kier molecular flexibility index (Phi) is 5.95. The molecule has 1 aliphatic rings. The highest BCUT2D eigenvalue weighted by Crippen LogP contribution is 2.40. The molecule has 1 aromatic rings. The first-order valence-electron chi connectivity index (χ1n) is 8.13. The Morgan fingerprint density at radius 1 is 1.19 bits per heavy atom.